The lowest BCUT2D eigenvalue weighted by Gasteiger charge is -2.17. The largest absolute Gasteiger partial charge is 0.335 e. The molecule has 4 rings (SSSR count). The Bertz CT molecular complexity index is 1150. The van der Waals surface area contributed by atoms with Crippen molar-refractivity contribution < 1.29 is 4.57 Å². The number of aryl methyl sites for hydroxylation is 1. The molecule has 0 saturated heterocycles. The first-order valence-corrected chi connectivity index (χ1v) is 11.5. The summed E-state index contributed by atoms with van der Waals surface area (Å²) >= 11 is 3.66. The third kappa shape index (κ3) is 3.70. The molecule has 0 bridgehead atoms. The molecule has 0 atom stereocenters. The Kier molecular flexibility index (Phi) is 5.74. The number of fused-ring (bicyclic) bond motifs is 2. The van der Waals surface area contributed by atoms with Crippen molar-refractivity contribution in [2.75, 3.05) is 11.4 Å². The fraction of sp³-hybridized carbons (Fsp3) is 0.160. The van der Waals surface area contributed by atoms with Crippen molar-refractivity contribution in [2.45, 2.75) is 25.3 Å². The number of hydrogen-bond donors (Lipinski definition) is 0. The molecule has 0 radical (unpaired) electrons. The quantitative estimate of drug-likeness (QED) is 0.399. The van der Waals surface area contributed by atoms with Gasteiger partial charge in [-0.2, -0.15) is 4.57 Å². The standard InChI is InChI=1S/C25H25N2S2/c1-5-18-12-14-22-20(16-18)26(7-3)24(28-22)10-9-11-25-27(8-4)21-17-19(6-2)13-15-23(21)29-25/h5-6,9-17H,1-2,7-8H2,3-4H3/q+1. The first kappa shape index (κ1) is 19.7. The van der Waals surface area contributed by atoms with Crippen LogP contribution in [-0.4, -0.2) is 6.54 Å². The van der Waals surface area contributed by atoms with Crippen molar-refractivity contribution >= 4 is 57.2 Å². The van der Waals surface area contributed by atoms with E-state index >= 15 is 0 Å². The van der Waals surface area contributed by atoms with Crippen molar-refractivity contribution in [2.24, 2.45) is 0 Å². The molecule has 1 aliphatic rings. The first-order chi connectivity index (χ1) is 14.2. The summed E-state index contributed by atoms with van der Waals surface area (Å²) < 4.78 is 3.67. The molecule has 29 heavy (non-hydrogen) atoms. The van der Waals surface area contributed by atoms with Gasteiger partial charge in [0.25, 0.3) is 5.01 Å². The summed E-state index contributed by atoms with van der Waals surface area (Å²) in [6.07, 6.45) is 10.4. The summed E-state index contributed by atoms with van der Waals surface area (Å²) in [6.45, 7) is 14.1. The molecule has 3 aromatic rings. The molecule has 2 heterocycles. The topological polar surface area (TPSA) is 7.12 Å². The van der Waals surface area contributed by atoms with Gasteiger partial charge >= 0.3 is 0 Å². The highest BCUT2D eigenvalue weighted by Gasteiger charge is 2.23. The zero-order valence-electron chi connectivity index (χ0n) is 16.9. The number of hydrogen-bond acceptors (Lipinski definition) is 3. The highest BCUT2D eigenvalue weighted by molar-refractivity contribution is 8.03. The van der Waals surface area contributed by atoms with Crippen molar-refractivity contribution in [1.82, 2.24) is 0 Å². The van der Waals surface area contributed by atoms with Crippen LogP contribution in [0.4, 0.5) is 5.69 Å². The van der Waals surface area contributed by atoms with Gasteiger partial charge in [0.1, 0.15) is 11.2 Å². The molecule has 1 aliphatic heterocycles. The minimum atomic E-state index is 0.947. The Morgan fingerprint density at radius 1 is 1.03 bits per heavy atom. The number of thioether (sulfide) groups is 1. The zero-order chi connectivity index (χ0) is 20.4. The van der Waals surface area contributed by atoms with Gasteiger partial charge in [-0.3, -0.25) is 0 Å². The fourth-order valence-corrected chi connectivity index (χ4v) is 5.84. The average Bonchev–Trinajstić information content (AvgIpc) is 3.29. The smallest absolute Gasteiger partial charge is 0.262 e. The van der Waals surface area contributed by atoms with Crippen LogP contribution in [0.1, 0.15) is 30.0 Å². The first-order valence-electron chi connectivity index (χ1n) is 9.87. The monoisotopic (exact) mass is 417 g/mol. The van der Waals surface area contributed by atoms with E-state index in [9.17, 15) is 0 Å². The van der Waals surface area contributed by atoms with Gasteiger partial charge in [0, 0.05) is 23.6 Å². The molecular weight excluding hydrogens is 392 g/mol. The highest BCUT2D eigenvalue weighted by atomic mass is 32.2. The van der Waals surface area contributed by atoms with E-state index in [0.717, 1.165) is 24.2 Å². The zero-order valence-corrected chi connectivity index (χ0v) is 18.5. The summed E-state index contributed by atoms with van der Waals surface area (Å²) in [5.41, 5.74) is 4.87. The van der Waals surface area contributed by atoms with E-state index in [1.807, 2.05) is 35.3 Å². The molecule has 0 saturated carbocycles. The van der Waals surface area contributed by atoms with Crippen LogP contribution in [0.15, 0.2) is 71.6 Å². The fourth-order valence-electron chi connectivity index (χ4n) is 3.60. The molecule has 2 nitrogen and oxygen atoms in total. The highest BCUT2D eigenvalue weighted by Crippen LogP contribution is 2.46. The minimum Gasteiger partial charge on any atom is -0.335 e. The van der Waals surface area contributed by atoms with Crippen LogP contribution in [0.25, 0.3) is 28.4 Å². The Labute approximate surface area is 181 Å². The van der Waals surface area contributed by atoms with Crippen LogP contribution >= 0.6 is 23.1 Å². The number of benzene rings is 2. The molecule has 0 aliphatic carbocycles. The molecule has 1 aromatic heterocycles. The van der Waals surface area contributed by atoms with Crippen LogP contribution in [0.2, 0.25) is 0 Å². The minimum absolute atomic E-state index is 0.947. The summed E-state index contributed by atoms with van der Waals surface area (Å²) in [5, 5.41) is 2.52. The van der Waals surface area contributed by atoms with Crippen molar-refractivity contribution in [3.63, 3.8) is 0 Å². The number of thiazole rings is 1. The van der Waals surface area contributed by atoms with Crippen molar-refractivity contribution in [3.8, 4) is 0 Å². The van der Waals surface area contributed by atoms with Gasteiger partial charge in [0.05, 0.1) is 10.7 Å². The Morgan fingerprint density at radius 3 is 2.52 bits per heavy atom. The van der Waals surface area contributed by atoms with E-state index in [1.165, 1.54) is 30.8 Å². The second-order valence-corrected chi connectivity index (χ2v) is 8.88. The number of anilines is 1. The van der Waals surface area contributed by atoms with Crippen LogP contribution < -0.4 is 9.47 Å². The molecule has 2 aromatic carbocycles. The van der Waals surface area contributed by atoms with Gasteiger partial charge in [-0.1, -0.05) is 66.6 Å². The van der Waals surface area contributed by atoms with Crippen LogP contribution in [-0.2, 0) is 6.54 Å². The Hall–Kier alpha value is -2.56. The maximum Gasteiger partial charge on any atom is 0.262 e. The lowest BCUT2D eigenvalue weighted by atomic mass is 10.2. The molecular formula is C25H25N2S2+. The summed E-state index contributed by atoms with van der Waals surface area (Å²) in [5.74, 6) is 0. The van der Waals surface area contributed by atoms with E-state index in [2.05, 4.69) is 91.1 Å². The van der Waals surface area contributed by atoms with E-state index in [0.29, 0.717) is 0 Å². The van der Waals surface area contributed by atoms with E-state index in [-0.39, 0.29) is 0 Å². The van der Waals surface area contributed by atoms with Gasteiger partial charge in [-0.05, 0) is 49.2 Å². The van der Waals surface area contributed by atoms with E-state index in [4.69, 9.17) is 0 Å². The lowest BCUT2D eigenvalue weighted by molar-refractivity contribution is -0.665. The number of nitrogens with zero attached hydrogens (tertiary/aromatic N) is 2. The maximum atomic E-state index is 3.90. The third-order valence-electron chi connectivity index (χ3n) is 5.09. The van der Waals surface area contributed by atoms with Gasteiger partial charge in [-0.15, -0.1) is 0 Å². The summed E-state index contributed by atoms with van der Waals surface area (Å²) in [6, 6.07) is 13.1. The molecule has 0 fully saturated rings. The predicted octanol–water partition coefficient (Wildman–Crippen LogP) is 6.98. The average molecular weight is 418 g/mol. The lowest BCUT2D eigenvalue weighted by Crippen LogP contribution is -2.33. The van der Waals surface area contributed by atoms with Gasteiger partial charge in [-0.25, -0.2) is 0 Å². The second kappa shape index (κ2) is 8.44. The maximum absolute atomic E-state index is 3.90. The Morgan fingerprint density at radius 2 is 1.79 bits per heavy atom. The SMILES string of the molecule is C=Cc1ccc2c(c1)N(CC)/C(=C\C=C\c1sc3ccc(C=C)cc3[n+]1CC)S2. The van der Waals surface area contributed by atoms with Crippen LogP contribution in [0.3, 0.4) is 0 Å². The Balaban J connectivity index is 1.65. The van der Waals surface area contributed by atoms with E-state index < -0.39 is 0 Å². The number of allylic oxidation sites excluding steroid dienone is 2. The van der Waals surface area contributed by atoms with E-state index in [1.54, 1.807) is 0 Å². The number of rotatable bonds is 6. The van der Waals surface area contributed by atoms with Gasteiger partial charge < -0.3 is 4.90 Å². The molecule has 4 heteroatoms. The van der Waals surface area contributed by atoms with Crippen molar-refractivity contribution in [1.29, 1.82) is 0 Å². The molecule has 0 spiro atoms. The third-order valence-corrected chi connectivity index (χ3v) is 7.35. The molecule has 0 amide bonds. The second-order valence-electron chi connectivity index (χ2n) is 6.76. The van der Waals surface area contributed by atoms with Gasteiger partial charge in [0.15, 0.2) is 0 Å². The predicted molar refractivity (Wildman–Crippen MR) is 130 cm³/mol. The van der Waals surface area contributed by atoms with Crippen molar-refractivity contribution in [3.05, 3.63) is 82.9 Å². The molecule has 0 N–H and O–H groups in total. The summed E-state index contributed by atoms with van der Waals surface area (Å²) in [7, 11) is 0. The normalized spacial score (nSPS) is 14.8. The molecule has 146 valence electrons. The molecule has 0 unspecified atom stereocenters. The van der Waals surface area contributed by atoms with Crippen LogP contribution in [0.5, 0.6) is 0 Å². The van der Waals surface area contributed by atoms with Crippen LogP contribution in [0, 0.1) is 0 Å². The number of aromatic nitrogens is 1. The van der Waals surface area contributed by atoms with Gasteiger partial charge in [0.2, 0.25) is 5.52 Å². The summed E-state index contributed by atoms with van der Waals surface area (Å²) in [4.78, 5) is 3.67.